The number of hydrogen-bond donors (Lipinski definition) is 1. The molecule has 1 heterocycles. The molecule has 1 aliphatic carbocycles. The number of carbonyl (C=O) groups is 3. The summed E-state index contributed by atoms with van der Waals surface area (Å²) in [5.74, 6) is -1.73. The fraction of sp³-hybridized carbons (Fsp3) is 0.222. The van der Waals surface area contributed by atoms with Crippen molar-refractivity contribution in [2.24, 2.45) is 5.92 Å². The Balaban J connectivity index is 1.33. The first-order valence-corrected chi connectivity index (χ1v) is 13.0. The Hall–Kier alpha value is -2.77. The van der Waals surface area contributed by atoms with Crippen LogP contribution in [0.25, 0.3) is 0 Å². The van der Waals surface area contributed by atoms with Crippen molar-refractivity contribution in [2.75, 3.05) is 11.4 Å². The number of fused-ring (bicyclic) bond motifs is 2. The zero-order chi connectivity index (χ0) is 26.5. The Bertz CT molecular complexity index is 1430. The standard InChI is InChI=1S/C27H20Cl4N2O4/c1-14(13-32-24(34)22-18(30)11-15(28)12-19(22)31)25(35)37-21-8-3-2-7-20(21)33-23-16(5-4-6-17(23)29)27(9-10-27)26(33)36/h2-8,11-12,14H,9-10,13H2,1H3,(H,32,34)/t14-/m0/s1. The van der Waals surface area contributed by atoms with E-state index in [1.807, 2.05) is 12.1 Å². The van der Waals surface area contributed by atoms with Gasteiger partial charge in [0.15, 0.2) is 5.75 Å². The van der Waals surface area contributed by atoms with Gasteiger partial charge >= 0.3 is 5.97 Å². The SMILES string of the molecule is C[C@@H](CNC(=O)c1c(Cl)cc(Cl)cc1Cl)C(=O)Oc1ccccc1N1C(=O)C2(CC2)c2cccc(Cl)c21. The van der Waals surface area contributed by atoms with Crippen LogP contribution in [0.4, 0.5) is 11.4 Å². The van der Waals surface area contributed by atoms with Gasteiger partial charge in [-0.2, -0.15) is 0 Å². The quantitative estimate of drug-likeness (QED) is 0.253. The van der Waals surface area contributed by atoms with Gasteiger partial charge in [-0.3, -0.25) is 19.3 Å². The number of hydrogen-bond acceptors (Lipinski definition) is 4. The molecule has 10 heteroatoms. The van der Waals surface area contributed by atoms with Crippen LogP contribution in [0.15, 0.2) is 54.6 Å². The lowest BCUT2D eigenvalue weighted by Gasteiger charge is -2.22. The van der Waals surface area contributed by atoms with Crippen LogP contribution in [0, 0.1) is 5.92 Å². The molecule has 2 aliphatic rings. The number of halogens is 4. The van der Waals surface area contributed by atoms with E-state index in [1.54, 1.807) is 42.2 Å². The van der Waals surface area contributed by atoms with E-state index in [9.17, 15) is 14.4 Å². The van der Waals surface area contributed by atoms with E-state index >= 15 is 0 Å². The highest BCUT2D eigenvalue weighted by Crippen LogP contribution is 2.61. The summed E-state index contributed by atoms with van der Waals surface area (Å²) in [6.07, 6.45) is 1.49. The highest BCUT2D eigenvalue weighted by molar-refractivity contribution is 6.42. The van der Waals surface area contributed by atoms with Gasteiger partial charge < -0.3 is 10.1 Å². The third-order valence-corrected chi connectivity index (χ3v) is 7.73. The van der Waals surface area contributed by atoms with Crippen LogP contribution in [0.1, 0.15) is 35.7 Å². The van der Waals surface area contributed by atoms with Gasteiger partial charge in [0.05, 0.1) is 43.3 Å². The molecular formula is C27H20Cl4N2O4. The maximum absolute atomic E-state index is 13.5. The first kappa shape index (κ1) is 25.9. The molecule has 5 rings (SSSR count). The number of para-hydroxylation sites is 3. The second-order valence-electron chi connectivity index (χ2n) is 9.10. The number of rotatable bonds is 6. The summed E-state index contributed by atoms with van der Waals surface area (Å²) in [5, 5.41) is 3.60. The molecule has 3 aromatic carbocycles. The van der Waals surface area contributed by atoms with Crippen molar-refractivity contribution in [3.63, 3.8) is 0 Å². The summed E-state index contributed by atoms with van der Waals surface area (Å²) in [6, 6.07) is 15.1. The normalized spacial score (nSPS) is 15.9. The molecule has 0 bridgehead atoms. The first-order valence-electron chi connectivity index (χ1n) is 11.5. The van der Waals surface area contributed by atoms with Crippen molar-refractivity contribution in [3.8, 4) is 5.75 Å². The lowest BCUT2D eigenvalue weighted by atomic mass is 9.98. The molecule has 190 valence electrons. The van der Waals surface area contributed by atoms with Crippen LogP contribution < -0.4 is 15.0 Å². The molecule has 0 aromatic heterocycles. The average Bonchev–Trinajstić information content (AvgIpc) is 3.61. The minimum absolute atomic E-state index is 0.0322. The summed E-state index contributed by atoms with van der Waals surface area (Å²) < 4.78 is 5.72. The maximum Gasteiger partial charge on any atom is 0.315 e. The molecule has 0 saturated heterocycles. The molecular weight excluding hydrogens is 558 g/mol. The highest BCUT2D eigenvalue weighted by atomic mass is 35.5. The smallest absolute Gasteiger partial charge is 0.315 e. The van der Waals surface area contributed by atoms with Crippen molar-refractivity contribution in [1.29, 1.82) is 0 Å². The van der Waals surface area contributed by atoms with Crippen LogP contribution in [0.3, 0.4) is 0 Å². The van der Waals surface area contributed by atoms with Gasteiger partial charge in [0.2, 0.25) is 5.91 Å². The number of benzene rings is 3. The van der Waals surface area contributed by atoms with Gasteiger partial charge in [-0.1, -0.05) is 77.6 Å². The number of amides is 2. The largest absolute Gasteiger partial charge is 0.424 e. The van der Waals surface area contributed by atoms with E-state index in [2.05, 4.69) is 5.32 Å². The minimum Gasteiger partial charge on any atom is -0.424 e. The topological polar surface area (TPSA) is 75.7 Å². The lowest BCUT2D eigenvalue weighted by Crippen LogP contribution is -2.34. The molecule has 1 fully saturated rings. The third-order valence-electron chi connectivity index (χ3n) is 6.61. The predicted octanol–water partition coefficient (Wildman–Crippen LogP) is 6.98. The number of nitrogens with zero attached hydrogens (tertiary/aromatic N) is 1. The summed E-state index contributed by atoms with van der Waals surface area (Å²) in [4.78, 5) is 40.7. The van der Waals surface area contributed by atoms with Crippen molar-refractivity contribution in [1.82, 2.24) is 5.32 Å². The summed E-state index contributed by atoms with van der Waals surface area (Å²) in [6.45, 7) is 1.58. The van der Waals surface area contributed by atoms with Gasteiger partial charge in [0.25, 0.3) is 5.91 Å². The van der Waals surface area contributed by atoms with Crippen LogP contribution >= 0.6 is 46.4 Å². The Labute approximate surface area is 233 Å². The van der Waals surface area contributed by atoms with Crippen molar-refractivity contribution in [2.45, 2.75) is 25.2 Å². The lowest BCUT2D eigenvalue weighted by molar-refractivity contribution is -0.138. The van der Waals surface area contributed by atoms with Crippen molar-refractivity contribution >= 4 is 75.6 Å². The molecule has 1 spiro atoms. The molecule has 37 heavy (non-hydrogen) atoms. The van der Waals surface area contributed by atoms with Crippen LogP contribution in [-0.4, -0.2) is 24.3 Å². The fourth-order valence-corrected chi connectivity index (χ4v) is 5.76. The summed E-state index contributed by atoms with van der Waals surface area (Å²) in [5.41, 5.74) is 1.43. The number of nitrogens with one attached hydrogen (secondary N) is 1. The van der Waals surface area contributed by atoms with E-state index in [1.165, 1.54) is 12.1 Å². The molecule has 1 atom stereocenters. The van der Waals surface area contributed by atoms with Gasteiger partial charge in [0.1, 0.15) is 0 Å². The Morgan fingerprint density at radius 1 is 1.00 bits per heavy atom. The zero-order valence-electron chi connectivity index (χ0n) is 19.5. The van der Waals surface area contributed by atoms with Crippen LogP contribution in [0.5, 0.6) is 5.75 Å². The molecule has 6 nitrogen and oxygen atoms in total. The second kappa shape index (κ2) is 9.84. The van der Waals surface area contributed by atoms with E-state index in [-0.39, 0.29) is 33.8 Å². The predicted molar refractivity (Wildman–Crippen MR) is 145 cm³/mol. The van der Waals surface area contributed by atoms with E-state index in [0.717, 1.165) is 18.4 Å². The van der Waals surface area contributed by atoms with E-state index < -0.39 is 23.2 Å². The number of esters is 1. The first-order chi connectivity index (χ1) is 17.6. The van der Waals surface area contributed by atoms with Gasteiger partial charge in [-0.15, -0.1) is 0 Å². The monoisotopic (exact) mass is 576 g/mol. The second-order valence-corrected chi connectivity index (χ2v) is 10.8. The van der Waals surface area contributed by atoms with Crippen molar-refractivity contribution in [3.05, 3.63) is 85.8 Å². The summed E-state index contributed by atoms with van der Waals surface area (Å²) in [7, 11) is 0. The number of ether oxygens (including phenoxy) is 1. The van der Waals surface area contributed by atoms with E-state index in [4.69, 9.17) is 51.1 Å². The molecule has 1 saturated carbocycles. The Morgan fingerprint density at radius 3 is 2.35 bits per heavy atom. The van der Waals surface area contributed by atoms with Crippen LogP contribution in [0.2, 0.25) is 20.1 Å². The highest BCUT2D eigenvalue weighted by Gasteiger charge is 2.60. The number of anilines is 2. The van der Waals surface area contributed by atoms with Crippen molar-refractivity contribution < 1.29 is 19.1 Å². The molecule has 1 aliphatic heterocycles. The molecule has 2 amide bonds. The minimum atomic E-state index is -0.721. The molecule has 1 N–H and O–H groups in total. The molecule has 0 radical (unpaired) electrons. The fourth-order valence-electron chi connectivity index (χ4n) is 4.51. The Morgan fingerprint density at radius 2 is 1.68 bits per heavy atom. The molecule has 0 unspecified atom stereocenters. The third kappa shape index (κ3) is 4.57. The number of carbonyl (C=O) groups excluding carboxylic acids is 3. The average molecular weight is 578 g/mol. The van der Waals surface area contributed by atoms with Gasteiger partial charge in [0, 0.05) is 11.6 Å². The maximum atomic E-state index is 13.5. The van der Waals surface area contributed by atoms with E-state index in [0.29, 0.717) is 21.4 Å². The zero-order valence-corrected chi connectivity index (χ0v) is 22.5. The summed E-state index contributed by atoms with van der Waals surface area (Å²) >= 11 is 24.7. The van der Waals surface area contributed by atoms with Gasteiger partial charge in [-0.05, 0) is 48.7 Å². The van der Waals surface area contributed by atoms with Gasteiger partial charge in [-0.25, -0.2) is 0 Å². The molecule has 3 aromatic rings. The Kier molecular flexibility index (Phi) is 6.88. The van der Waals surface area contributed by atoms with Crippen LogP contribution in [-0.2, 0) is 15.0 Å².